The molecule has 0 aliphatic rings. The zero-order valence-corrected chi connectivity index (χ0v) is 10.2. The largest absolute Gasteiger partial charge is 0.468 e. The first-order chi connectivity index (χ1) is 7.47. The van der Waals surface area contributed by atoms with Gasteiger partial charge in [-0.05, 0) is 12.8 Å². The number of esters is 1. The van der Waals surface area contributed by atoms with Crippen molar-refractivity contribution in [1.82, 2.24) is 4.90 Å². The summed E-state index contributed by atoms with van der Waals surface area (Å²) in [5.74, 6) is -1.56. The van der Waals surface area contributed by atoms with Crippen LogP contribution in [0.15, 0.2) is 0 Å². The third-order valence-corrected chi connectivity index (χ3v) is 2.31. The highest BCUT2D eigenvalue weighted by Gasteiger charge is 2.27. The number of likely N-dealkylation sites (N-methyl/N-ethyl adjacent to an activating group) is 1. The van der Waals surface area contributed by atoms with E-state index in [9.17, 15) is 9.59 Å². The molecule has 5 heteroatoms. The smallest absolute Gasteiger partial charge is 0.325 e. The molecule has 0 radical (unpaired) electrons. The Bertz CT molecular complexity index is 294. The molecule has 0 aliphatic heterocycles. The lowest BCUT2D eigenvalue weighted by Gasteiger charge is -2.23. The number of amides is 1. The topological polar surface area (TPSA) is 70.4 Å². The Hall–Kier alpha value is -1.57. The molecule has 16 heavy (non-hydrogen) atoms. The van der Waals surface area contributed by atoms with Gasteiger partial charge in [0.05, 0.1) is 13.2 Å². The molecule has 0 spiro atoms. The lowest BCUT2D eigenvalue weighted by atomic mass is 9.96. The lowest BCUT2D eigenvalue weighted by molar-refractivity contribution is -0.148. The van der Waals surface area contributed by atoms with Crippen molar-refractivity contribution in [2.45, 2.75) is 20.8 Å². The molecule has 0 saturated heterocycles. The van der Waals surface area contributed by atoms with Gasteiger partial charge >= 0.3 is 5.97 Å². The van der Waals surface area contributed by atoms with Gasteiger partial charge in [-0.3, -0.25) is 9.59 Å². The van der Waals surface area contributed by atoms with Gasteiger partial charge in [0.1, 0.15) is 12.5 Å². The Morgan fingerprint density at radius 3 is 2.31 bits per heavy atom. The number of nitrogens with zero attached hydrogens (tertiary/aromatic N) is 2. The molecule has 1 amide bonds. The first kappa shape index (κ1) is 14.4. The molecule has 0 fully saturated rings. The Morgan fingerprint density at radius 2 is 2.00 bits per heavy atom. The van der Waals surface area contributed by atoms with Crippen LogP contribution in [0.2, 0.25) is 0 Å². The predicted molar refractivity (Wildman–Crippen MR) is 58.2 cm³/mol. The fourth-order valence-electron chi connectivity index (χ4n) is 1.25. The van der Waals surface area contributed by atoms with Crippen LogP contribution in [0.25, 0.3) is 0 Å². The summed E-state index contributed by atoms with van der Waals surface area (Å²) in [6.45, 7) is 5.65. The van der Waals surface area contributed by atoms with Crippen LogP contribution in [0.1, 0.15) is 20.8 Å². The highest BCUT2D eigenvalue weighted by Crippen LogP contribution is 2.13. The summed E-state index contributed by atoms with van der Waals surface area (Å²) >= 11 is 0. The van der Waals surface area contributed by atoms with Crippen LogP contribution in [0.4, 0.5) is 0 Å². The standard InChI is InChI=1S/C11H18N2O3/c1-5-13(7-10(14)16-4)11(15)9(6-12)8(2)3/h8-9H,5,7H2,1-4H3. The van der Waals surface area contributed by atoms with Crippen molar-refractivity contribution >= 4 is 11.9 Å². The van der Waals surface area contributed by atoms with Gasteiger partial charge < -0.3 is 9.64 Å². The van der Waals surface area contributed by atoms with Crippen LogP contribution in [0.5, 0.6) is 0 Å². The molecule has 0 N–H and O–H groups in total. The minimum absolute atomic E-state index is 0.0656. The van der Waals surface area contributed by atoms with E-state index in [1.54, 1.807) is 20.8 Å². The van der Waals surface area contributed by atoms with E-state index in [4.69, 9.17) is 5.26 Å². The van der Waals surface area contributed by atoms with Gasteiger partial charge in [0.2, 0.25) is 5.91 Å². The van der Waals surface area contributed by atoms with Crippen LogP contribution >= 0.6 is 0 Å². The van der Waals surface area contributed by atoms with Crippen molar-refractivity contribution in [1.29, 1.82) is 5.26 Å². The SMILES string of the molecule is CCN(CC(=O)OC)C(=O)C(C#N)C(C)C. The zero-order chi connectivity index (χ0) is 12.7. The van der Waals surface area contributed by atoms with Crippen LogP contribution in [0.3, 0.4) is 0 Å². The Morgan fingerprint density at radius 1 is 1.44 bits per heavy atom. The van der Waals surface area contributed by atoms with Gasteiger partial charge in [0.15, 0.2) is 0 Å². The van der Waals surface area contributed by atoms with Crippen LogP contribution in [-0.4, -0.2) is 37.0 Å². The maximum atomic E-state index is 11.9. The van der Waals surface area contributed by atoms with E-state index in [0.717, 1.165) is 0 Å². The maximum Gasteiger partial charge on any atom is 0.325 e. The second kappa shape index (κ2) is 6.83. The second-order valence-corrected chi connectivity index (χ2v) is 3.78. The molecule has 0 heterocycles. The minimum Gasteiger partial charge on any atom is -0.468 e. The number of rotatable bonds is 5. The highest BCUT2D eigenvalue weighted by molar-refractivity contribution is 5.85. The summed E-state index contributed by atoms with van der Waals surface area (Å²) in [4.78, 5) is 24.3. The van der Waals surface area contributed by atoms with E-state index in [2.05, 4.69) is 4.74 Å². The number of nitriles is 1. The van der Waals surface area contributed by atoms with E-state index >= 15 is 0 Å². The quantitative estimate of drug-likeness (QED) is 0.650. The van der Waals surface area contributed by atoms with Crippen molar-refractivity contribution in [2.75, 3.05) is 20.2 Å². The third-order valence-electron chi connectivity index (χ3n) is 2.31. The second-order valence-electron chi connectivity index (χ2n) is 3.78. The molecular formula is C11H18N2O3. The maximum absolute atomic E-state index is 11.9. The minimum atomic E-state index is -0.704. The number of hydrogen-bond donors (Lipinski definition) is 0. The summed E-state index contributed by atoms with van der Waals surface area (Å²) in [5, 5.41) is 8.89. The number of carbonyl (C=O) groups is 2. The highest BCUT2D eigenvalue weighted by atomic mass is 16.5. The van der Waals surface area contributed by atoms with Crippen molar-refractivity contribution in [3.05, 3.63) is 0 Å². The fraction of sp³-hybridized carbons (Fsp3) is 0.727. The Labute approximate surface area is 96.0 Å². The van der Waals surface area contributed by atoms with Gasteiger partial charge in [0.25, 0.3) is 0 Å². The third kappa shape index (κ3) is 3.89. The molecule has 0 saturated carbocycles. The zero-order valence-electron chi connectivity index (χ0n) is 10.2. The van der Waals surface area contributed by atoms with Gasteiger partial charge in [-0.2, -0.15) is 5.26 Å². The number of hydrogen-bond acceptors (Lipinski definition) is 4. The monoisotopic (exact) mass is 226 g/mol. The fourth-order valence-corrected chi connectivity index (χ4v) is 1.25. The summed E-state index contributed by atoms with van der Waals surface area (Å²) in [5.41, 5.74) is 0. The first-order valence-electron chi connectivity index (χ1n) is 5.23. The molecule has 1 unspecified atom stereocenters. The van der Waals surface area contributed by atoms with Crippen LogP contribution in [-0.2, 0) is 14.3 Å². The van der Waals surface area contributed by atoms with Crippen molar-refractivity contribution in [3.8, 4) is 6.07 Å². The van der Waals surface area contributed by atoms with Gasteiger partial charge in [-0.25, -0.2) is 0 Å². The molecule has 5 nitrogen and oxygen atoms in total. The molecule has 0 aromatic heterocycles. The lowest BCUT2D eigenvalue weighted by Crippen LogP contribution is -2.41. The molecule has 0 aromatic carbocycles. The van der Waals surface area contributed by atoms with Gasteiger partial charge in [-0.15, -0.1) is 0 Å². The van der Waals surface area contributed by atoms with Crippen molar-refractivity contribution < 1.29 is 14.3 Å². The van der Waals surface area contributed by atoms with Gasteiger partial charge in [-0.1, -0.05) is 13.8 Å². The number of ether oxygens (including phenoxy) is 1. The van der Waals surface area contributed by atoms with E-state index in [1.807, 2.05) is 6.07 Å². The average molecular weight is 226 g/mol. The molecule has 0 aromatic rings. The van der Waals surface area contributed by atoms with E-state index in [1.165, 1.54) is 12.0 Å². The normalized spacial score (nSPS) is 11.8. The molecule has 1 atom stereocenters. The first-order valence-corrected chi connectivity index (χ1v) is 5.23. The molecule has 0 bridgehead atoms. The number of carbonyl (C=O) groups excluding carboxylic acids is 2. The van der Waals surface area contributed by atoms with Gasteiger partial charge in [0, 0.05) is 6.54 Å². The summed E-state index contributed by atoms with van der Waals surface area (Å²) < 4.78 is 4.49. The van der Waals surface area contributed by atoms with Crippen LogP contribution in [0, 0.1) is 23.2 Å². The molecule has 0 aliphatic carbocycles. The molecule has 90 valence electrons. The number of methoxy groups -OCH3 is 1. The summed E-state index contributed by atoms with van der Waals surface area (Å²) in [6.07, 6.45) is 0. The predicted octanol–water partition coefficient (Wildman–Crippen LogP) is 0.804. The molecular weight excluding hydrogens is 208 g/mol. The summed E-state index contributed by atoms with van der Waals surface area (Å²) in [7, 11) is 1.27. The Kier molecular flexibility index (Phi) is 6.16. The van der Waals surface area contributed by atoms with Crippen LogP contribution < -0.4 is 0 Å². The van der Waals surface area contributed by atoms with E-state index < -0.39 is 11.9 Å². The summed E-state index contributed by atoms with van der Waals surface area (Å²) in [6, 6.07) is 1.96. The average Bonchev–Trinajstić information content (AvgIpc) is 2.25. The molecule has 0 rings (SSSR count). The van der Waals surface area contributed by atoms with Crippen molar-refractivity contribution in [2.24, 2.45) is 11.8 Å². The Balaban J connectivity index is 4.65. The van der Waals surface area contributed by atoms with E-state index in [-0.39, 0.29) is 18.4 Å². The van der Waals surface area contributed by atoms with E-state index in [0.29, 0.717) is 6.54 Å². The van der Waals surface area contributed by atoms with Crippen molar-refractivity contribution in [3.63, 3.8) is 0 Å².